The first-order valence-corrected chi connectivity index (χ1v) is 9.21. The number of benzene rings is 2. The molecule has 3 aromatic rings. The second-order valence-electron chi connectivity index (χ2n) is 6.59. The third kappa shape index (κ3) is 4.45. The number of carbonyl (C=O) groups excluding carboxylic acids is 1. The summed E-state index contributed by atoms with van der Waals surface area (Å²) in [6.45, 7) is 5.89. The molecule has 0 bridgehead atoms. The summed E-state index contributed by atoms with van der Waals surface area (Å²) in [5.74, 6) is 1.04. The first-order valence-electron chi connectivity index (χ1n) is 8.39. The minimum absolute atomic E-state index is 0.0432. The van der Waals surface area contributed by atoms with Crippen LogP contribution < -0.4 is 5.32 Å². The lowest BCUT2D eigenvalue weighted by Crippen LogP contribution is -2.05. The predicted octanol–water partition coefficient (Wildman–Crippen LogP) is 6.25. The predicted molar refractivity (Wildman–Crippen MR) is 105 cm³/mol. The zero-order valence-corrected chi connectivity index (χ0v) is 15.2. The van der Waals surface area contributed by atoms with Gasteiger partial charge in [0.25, 0.3) is 0 Å². The molecule has 0 radical (unpaired) electrons. The van der Waals surface area contributed by atoms with Crippen molar-refractivity contribution in [1.29, 1.82) is 0 Å². The van der Waals surface area contributed by atoms with Crippen molar-refractivity contribution in [2.24, 2.45) is 5.92 Å². The molecule has 1 saturated carbocycles. The Hall–Kier alpha value is -2.13. The molecule has 0 unspecified atom stereocenters. The van der Waals surface area contributed by atoms with E-state index in [4.69, 9.17) is 0 Å². The summed E-state index contributed by atoms with van der Waals surface area (Å²) in [6, 6.07) is 16.7. The number of hydrogen-bond donors (Lipinski definition) is 1. The average Bonchev–Trinajstić information content (AvgIpc) is 3.20. The van der Waals surface area contributed by atoms with Crippen LogP contribution in [0.15, 0.2) is 48.5 Å². The van der Waals surface area contributed by atoms with Crippen LogP contribution in [0.5, 0.6) is 0 Å². The Morgan fingerprint density at radius 1 is 1.08 bits per heavy atom. The molecule has 3 heteroatoms. The van der Waals surface area contributed by atoms with E-state index >= 15 is 0 Å². The summed E-state index contributed by atoms with van der Waals surface area (Å²) in [5, 5.41) is 3.98. The van der Waals surface area contributed by atoms with Crippen LogP contribution in [0.4, 0.5) is 5.69 Å². The fourth-order valence-corrected chi connectivity index (χ4v) is 3.40. The van der Waals surface area contributed by atoms with E-state index in [-0.39, 0.29) is 5.91 Å². The van der Waals surface area contributed by atoms with Crippen molar-refractivity contribution in [3.63, 3.8) is 0 Å². The Kier molecular flexibility index (Phi) is 5.00. The van der Waals surface area contributed by atoms with Crippen molar-refractivity contribution in [3.05, 3.63) is 54.1 Å². The molecule has 1 amide bonds. The molecule has 124 valence electrons. The second-order valence-corrected chi connectivity index (χ2v) is 7.68. The first-order chi connectivity index (χ1) is 11.5. The summed E-state index contributed by atoms with van der Waals surface area (Å²) in [7, 11) is 0. The second kappa shape index (κ2) is 7.18. The van der Waals surface area contributed by atoms with Crippen LogP contribution in [0.2, 0.25) is 0 Å². The van der Waals surface area contributed by atoms with Crippen LogP contribution in [0.3, 0.4) is 0 Å². The number of aryl methyl sites for hydroxylation is 1. The number of amides is 1. The topological polar surface area (TPSA) is 29.1 Å². The number of thiophene rings is 1. The Morgan fingerprint density at radius 3 is 2.33 bits per heavy atom. The molecule has 1 aliphatic rings. The van der Waals surface area contributed by atoms with Gasteiger partial charge in [-0.25, -0.2) is 0 Å². The van der Waals surface area contributed by atoms with Crippen molar-refractivity contribution >= 4 is 33.0 Å². The molecule has 2 aromatic carbocycles. The first kappa shape index (κ1) is 16.7. The monoisotopic (exact) mass is 337 g/mol. The molecular formula is C21H23NOS. The maximum Gasteiger partial charge on any atom is 0.221 e. The molecule has 1 N–H and O–H groups in total. The van der Waals surface area contributed by atoms with E-state index in [1.807, 2.05) is 12.1 Å². The van der Waals surface area contributed by atoms with E-state index in [1.54, 1.807) is 11.3 Å². The lowest BCUT2D eigenvalue weighted by atomic mass is 10.1. The smallest absolute Gasteiger partial charge is 0.221 e. The number of carbonyl (C=O) groups is 1. The van der Waals surface area contributed by atoms with Crippen molar-refractivity contribution in [2.45, 2.75) is 33.6 Å². The van der Waals surface area contributed by atoms with Gasteiger partial charge in [-0.2, -0.15) is 0 Å². The van der Waals surface area contributed by atoms with Crippen molar-refractivity contribution in [3.8, 4) is 10.4 Å². The Labute approximate surface area is 147 Å². The summed E-state index contributed by atoms with van der Waals surface area (Å²) in [4.78, 5) is 12.3. The van der Waals surface area contributed by atoms with Gasteiger partial charge < -0.3 is 5.32 Å². The number of nitrogens with one attached hydrogen (secondary N) is 1. The molecule has 0 aliphatic heterocycles. The third-order valence-electron chi connectivity index (χ3n) is 4.04. The zero-order chi connectivity index (χ0) is 17.1. The van der Waals surface area contributed by atoms with Gasteiger partial charge in [0.2, 0.25) is 5.91 Å². The molecule has 2 nitrogen and oxygen atoms in total. The molecule has 0 saturated heterocycles. The summed E-state index contributed by atoms with van der Waals surface area (Å²) < 4.78 is 1.23. The standard InChI is InChI=1S/C17H15NOS.C4H8/c1-11-3-5-13(6-4-11)17-10-14-9-15(18-12(2)19)7-8-16(14)20-17;1-4-2-3-4/h3-10H,1-2H3,(H,18,19);4H,2-3H2,1H3. The fraction of sp³-hybridized carbons (Fsp3) is 0.286. The zero-order valence-electron chi connectivity index (χ0n) is 14.4. The van der Waals surface area contributed by atoms with Crippen LogP contribution in [-0.2, 0) is 4.79 Å². The molecule has 1 heterocycles. The number of fused-ring (bicyclic) bond motifs is 1. The van der Waals surface area contributed by atoms with Gasteiger partial charge in [-0.1, -0.05) is 49.6 Å². The SMILES string of the molecule is CC(=O)Nc1ccc2sc(-c3ccc(C)cc3)cc2c1.CC1CC1. The van der Waals surface area contributed by atoms with Gasteiger partial charge in [0.1, 0.15) is 0 Å². The number of rotatable bonds is 2. The molecule has 24 heavy (non-hydrogen) atoms. The van der Waals surface area contributed by atoms with Crippen LogP contribution >= 0.6 is 11.3 Å². The minimum Gasteiger partial charge on any atom is -0.326 e. The van der Waals surface area contributed by atoms with Gasteiger partial charge in [0.05, 0.1) is 0 Å². The maximum absolute atomic E-state index is 11.1. The Morgan fingerprint density at radius 2 is 1.75 bits per heavy atom. The van der Waals surface area contributed by atoms with E-state index in [0.717, 1.165) is 17.0 Å². The van der Waals surface area contributed by atoms with E-state index in [2.05, 4.69) is 55.6 Å². The highest BCUT2D eigenvalue weighted by molar-refractivity contribution is 7.22. The van der Waals surface area contributed by atoms with Gasteiger partial charge >= 0.3 is 0 Å². The van der Waals surface area contributed by atoms with E-state index in [0.29, 0.717) is 0 Å². The van der Waals surface area contributed by atoms with Crippen LogP contribution in [-0.4, -0.2) is 5.91 Å². The van der Waals surface area contributed by atoms with Crippen molar-refractivity contribution < 1.29 is 4.79 Å². The normalized spacial score (nSPS) is 13.3. The number of hydrogen-bond acceptors (Lipinski definition) is 2. The highest BCUT2D eigenvalue weighted by Gasteiger charge is 2.12. The van der Waals surface area contributed by atoms with Gasteiger partial charge in [0.15, 0.2) is 0 Å². The van der Waals surface area contributed by atoms with E-state index in [1.165, 1.54) is 40.5 Å². The summed E-state index contributed by atoms with van der Waals surface area (Å²) in [6.07, 6.45) is 2.97. The van der Waals surface area contributed by atoms with Crippen LogP contribution in [0.25, 0.3) is 20.5 Å². The minimum atomic E-state index is -0.0432. The van der Waals surface area contributed by atoms with Gasteiger partial charge in [-0.05, 0) is 48.1 Å². The van der Waals surface area contributed by atoms with Gasteiger partial charge in [0, 0.05) is 22.2 Å². The number of anilines is 1. The molecule has 4 rings (SSSR count). The summed E-state index contributed by atoms with van der Waals surface area (Å²) in [5.41, 5.74) is 3.35. The largest absolute Gasteiger partial charge is 0.326 e. The third-order valence-corrected chi connectivity index (χ3v) is 5.20. The molecule has 1 fully saturated rings. The van der Waals surface area contributed by atoms with Crippen LogP contribution in [0.1, 0.15) is 32.3 Å². The Bertz CT molecular complexity index is 844. The maximum atomic E-state index is 11.1. The molecule has 1 aromatic heterocycles. The molecule has 1 aliphatic carbocycles. The highest BCUT2D eigenvalue weighted by atomic mass is 32.1. The van der Waals surface area contributed by atoms with Gasteiger partial charge in [-0.3, -0.25) is 4.79 Å². The van der Waals surface area contributed by atoms with Crippen molar-refractivity contribution in [1.82, 2.24) is 0 Å². The lowest BCUT2D eigenvalue weighted by molar-refractivity contribution is -0.114. The molecular weight excluding hydrogens is 314 g/mol. The quantitative estimate of drug-likeness (QED) is 0.588. The van der Waals surface area contributed by atoms with Gasteiger partial charge in [-0.15, -0.1) is 11.3 Å². The van der Waals surface area contributed by atoms with E-state index < -0.39 is 0 Å². The summed E-state index contributed by atoms with van der Waals surface area (Å²) >= 11 is 1.77. The fourth-order valence-electron chi connectivity index (χ4n) is 2.35. The van der Waals surface area contributed by atoms with Crippen LogP contribution in [0, 0.1) is 12.8 Å². The highest BCUT2D eigenvalue weighted by Crippen LogP contribution is 2.34. The lowest BCUT2D eigenvalue weighted by Gasteiger charge is -2.00. The van der Waals surface area contributed by atoms with E-state index in [9.17, 15) is 4.79 Å². The average molecular weight is 337 g/mol. The molecule has 0 spiro atoms. The van der Waals surface area contributed by atoms with Crippen molar-refractivity contribution in [2.75, 3.05) is 5.32 Å². The Balaban J connectivity index is 0.000000370. The molecule has 0 atom stereocenters.